The van der Waals surface area contributed by atoms with Gasteiger partial charge < -0.3 is 0 Å². The van der Waals surface area contributed by atoms with Crippen molar-refractivity contribution in [3.05, 3.63) is 23.5 Å². The highest BCUT2D eigenvalue weighted by Crippen LogP contribution is 2.19. The Labute approximate surface area is 114 Å². The van der Waals surface area contributed by atoms with E-state index in [0.717, 1.165) is 0 Å². The molecule has 0 amide bonds. The third kappa shape index (κ3) is 4.64. The lowest BCUT2D eigenvalue weighted by Crippen LogP contribution is -2.33. The van der Waals surface area contributed by atoms with Crippen LogP contribution in [0.2, 0.25) is 5.02 Å². The zero-order valence-electron chi connectivity index (χ0n) is 10.1. The molecule has 0 radical (unpaired) electrons. The van der Waals surface area contributed by atoms with Gasteiger partial charge in [0.05, 0.1) is 5.02 Å². The van der Waals surface area contributed by atoms with Gasteiger partial charge in [0.1, 0.15) is 4.90 Å². The predicted molar refractivity (Wildman–Crippen MR) is 72.6 cm³/mol. The van der Waals surface area contributed by atoms with E-state index in [9.17, 15) is 12.6 Å². The fraction of sp³-hybridized carbons (Fsp3) is 0.500. The molecule has 2 atom stereocenters. The van der Waals surface area contributed by atoms with Crippen molar-refractivity contribution < 1.29 is 12.6 Å². The van der Waals surface area contributed by atoms with Crippen LogP contribution in [0, 0.1) is 0 Å². The predicted octanol–water partition coefficient (Wildman–Crippen LogP) is 1.17. The number of halogens is 1. The topological polar surface area (TPSA) is 76.1 Å². The maximum atomic E-state index is 12.0. The first-order valence-corrected chi connectivity index (χ1v) is 8.83. The summed E-state index contributed by atoms with van der Waals surface area (Å²) < 4.78 is 37.4. The van der Waals surface area contributed by atoms with E-state index in [1.807, 2.05) is 0 Å². The number of hydrogen-bond acceptors (Lipinski definition) is 4. The molecule has 0 aliphatic rings. The average Bonchev–Trinajstić information content (AvgIpc) is 2.26. The summed E-state index contributed by atoms with van der Waals surface area (Å²) in [6, 6.07) is 1.11. The number of aromatic nitrogens is 1. The van der Waals surface area contributed by atoms with E-state index in [2.05, 4.69) is 9.71 Å². The van der Waals surface area contributed by atoms with Crippen LogP contribution in [0.1, 0.15) is 13.3 Å². The van der Waals surface area contributed by atoms with Gasteiger partial charge >= 0.3 is 0 Å². The number of hydrogen-bond donors (Lipinski definition) is 1. The standard InChI is InChI=1S/C10H15ClN2O3S2/c1-8(4-6-17(2)14)13-18(15,16)10-7-12-5-3-9(10)11/h3,5,7-8,13H,4,6H2,1-2H3. The Morgan fingerprint density at radius 1 is 1.56 bits per heavy atom. The number of sulfonamides is 1. The highest BCUT2D eigenvalue weighted by molar-refractivity contribution is 7.89. The fourth-order valence-corrected chi connectivity index (χ4v) is 3.69. The van der Waals surface area contributed by atoms with Crippen LogP contribution in [0.3, 0.4) is 0 Å². The van der Waals surface area contributed by atoms with Gasteiger partial charge in [0, 0.05) is 41.2 Å². The van der Waals surface area contributed by atoms with Crippen molar-refractivity contribution in [2.45, 2.75) is 24.3 Å². The van der Waals surface area contributed by atoms with Gasteiger partial charge in [-0.3, -0.25) is 9.19 Å². The minimum absolute atomic E-state index is 0.0452. The molecule has 102 valence electrons. The monoisotopic (exact) mass is 310 g/mol. The molecular formula is C10H15ClN2O3S2. The second-order valence-corrected chi connectivity index (χ2v) is 7.54. The van der Waals surface area contributed by atoms with Crippen molar-refractivity contribution >= 4 is 32.4 Å². The SMILES string of the molecule is CC(CCS(C)=O)NS(=O)(=O)c1cnccc1Cl. The summed E-state index contributed by atoms with van der Waals surface area (Å²) in [6.07, 6.45) is 4.71. The molecular weight excluding hydrogens is 296 g/mol. The second kappa shape index (κ2) is 6.60. The Bertz CT molecular complexity index is 534. The first-order chi connectivity index (χ1) is 8.33. The molecule has 0 aliphatic carbocycles. The van der Waals surface area contributed by atoms with Gasteiger partial charge in [0.15, 0.2) is 0 Å². The van der Waals surface area contributed by atoms with E-state index in [1.165, 1.54) is 18.5 Å². The summed E-state index contributed by atoms with van der Waals surface area (Å²) in [5.41, 5.74) is 0. The quantitative estimate of drug-likeness (QED) is 0.856. The van der Waals surface area contributed by atoms with Crippen LogP contribution >= 0.6 is 11.6 Å². The van der Waals surface area contributed by atoms with Crippen molar-refractivity contribution in [2.75, 3.05) is 12.0 Å². The van der Waals surface area contributed by atoms with Gasteiger partial charge in [0.25, 0.3) is 0 Å². The van der Waals surface area contributed by atoms with Crippen LogP contribution in [0.4, 0.5) is 0 Å². The Morgan fingerprint density at radius 2 is 2.22 bits per heavy atom. The van der Waals surface area contributed by atoms with Crippen LogP contribution < -0.4 is 4.72 Å². The van der Waals surface area contributed by atoms with Crippen molar-refractivity contribution in [2.24, 2.45) is 0 Å². The molecule has 1 aromatic rings. The van der Waals surface area contributed by atoms with Crippen LogP contribution in [0.5, 0.6) is 0 Å². The lowest BCUT2D eigenvalue weighted by Gasteiger charge is -2.13. The van der Waals surface area contributed by atoms with E-state index in [-0.39, 0.29) is 16.0 Å². The van der Waals surface area contributed by atoms with Crippen molar-refractivity contribution in [3.8, 4) is 0 Å². The smallest absolute Gasteiger partial charge is 0.243 e. The van der Waals surface area contributed by atoms with Crippen LogP contribution in [-0.4, -0.2) is 35.7 Å². The van der Waals surface area contributed by atoms with Gasteiger partial charge in [0.2, 0.25) is 10.0 Å². The number of rotatable bonds is 6. The Kier molecular flexibility index (Phi) is 5.71. The Morgan fingerprint density at radius 3 is 2.78 bits per heavy atom. The molecule has 2 unspecified atom stereocenters. The van der Waals surface area contributed by atoms with Gasteiger partial charge in [-0.25, -0.2) is 13.1 Å². The largest absolute Gasteiger partial charge is 0.263 e. The molecule has 0 saturated carbocycles. The molecule has 1 heterocycles. The number of nitrogens with one attached hydrogen (secondary N) is 1. The number of nitrogens with zero attached hydrogens (tertiary/aromatic N) is 1. The third-order valence-corrected chi connectivity index (χ3v) is 5.09. The van der Waals surface area contributed by atoms with Gasteiger partial charge in [-0.1, -0.05) is 11.6 Å². The van der Waals surface area contributed by atoms with E-state index >= 15 is 0 Å². The molecule has 0 aromatic carbocycles. The zero-order valence-corrected chi connectivity index (χ0v) is 12.5. The zero-order chi connectivity index (χ0) is 13.8. The summed E-state index contributed by atoms with van der Waals surface area (Å²) in [5.74, 6) is 0.449. The minimum Gasteiger partial charge on any atom is -0.263 e. The molecule has 1 aromatic heterocycles. The lowest BCUT2D eigenvalue weighted by molar-refractivity contribution is 0.555. The van der Waals surface area contributed by atoms with E-state index in [1.54, 1.807) is 13.2 Å². The highest BCUT2D eigenvalue weighted by Gasteiger charge is 2.20. The Balaban J connectivity index is 2.77. The van der Waals surface area contributed by atoms with Gasteiger partial charge in [-0.05, 0) is 19.4 Å². The first kappa shape index (κ1) is 15.6. The summed E-state index contributed by atoms with van der Waals surface area (Å²) >= 11 is 5.81. The van der Waals surface area contributed by atoms with Gasteiger partial charge in [-0.2, -0.15) is 0 Å². The molecule has 18 heavy (non-hydrogen) atoms. The molecule has 8 heteroatoms. The molecule has 5 nitrogen and oxygen atoms in total. The fourth-order valence-electron chi connectivity index (χ4n) is 1.29. The molecule has 0 aliphatic heterocycles. The van der Waals surface area contributed by atoms with Gasteiger partial charge in [-0.15, -0.1) is 0 Å². The molecule has 0 spiro atoms. The summed E-state index contributed by atoms with van der Waals surface area (Å²) in [4.78, 5) is 3.70. The van der Waals surface area contributed by atoms with Crippen LogP contribution in [0.25, 0.3) is 0 Å². The molecule has 0 fully saturated rings. The molecule has 0 saturated heterocycles. The third-order valence-electron chi connectivity index (χ3n) is 2.22. The van der Waals surface area contributed by atoms with E-state index in [0.29, 0.717) is 12.2 Å². The van der Waals surface area contributed by atoms with Crippen LogP contribution in [0.15, 0.2) is 23.4 Å². The molecule has 0 bridgehead atoms. The van der Waals surface area contributed by atoms with Crippen molar-refractivity contribution in [1.29, 1.82) is 0 Å². The lowest BCUT2D eigenvalue weighted by atomic mass is 10.3. The molecule has 1 N–H and O–H groups in total. The highest BCUT2D eigenvalue weighted by atomic mass is 35.5. The van der Waals surface area contributed by atoms with E-state index < -0.39 is 20.8 Å². The average molecular weight is 311 g/mol. The number of pyridine rings is 1. The molecule has 1 rings (SSSR count). The maximum absolute atomic E-state index is 12.0. The van der Waals surface area contributed by atoms with E-state index in [4.69, 9.17) is 11.6 Å². The van der Waals surface area contributed by atoms with Crippen molar-refractivity contribution in [3.63, 3.8) is 0 Å². The van der Waals surface area contributed by atoms with Crippen LogP contribution in [-0.2, 0) is 20.8 Å². The Hall–Kier alpha value is -0.500. The normalized spacial score (nSPS) is 15.3. The summed E-state index contributed by atoms with van der Waals surface area (Å²) in [7, 11) is -4.62. The summed E-state index contributed by atoms with van der Waals surface area (Å²) in [6.45, 7) is 1.72. The minimum atomic E-state index is -3.68. The summed E-state index contributed by atoms with van der Waals surface area (Å²) in [5, 5.41) is 0.128. The van der Waals surface area contributed by atoms with Crippen molar-refractivity contribution in [1.82, 2.24) is 9.71 Å². The first-order valence-electron chi connectivity index (χ1n) is 5.25. The maximum Gasteiger partial charge on any atom is 0.243 e. The second-order valence-electron chi connectivity index (χ2n) is 3.89.